The van der Waals surface area contributed by atoms with E-state index in [0.29, 0.717) is 11.9 Å². The first kappa shape index (κ1) is 14.6. The van der Waals surface area contributed by atoms with Crippen LogP contribution in [0, 0.1) is 19.8 Å². The van der Waals surface area contributed by atoms with Crippen molar-refractivity contribution in [3.63, 3.8) is 0 Å². The van der Waals surface area contributed by atoms with Gasteiger partial charge in [0.15, 0.2) is 0 Å². The molecule has 0 radical (unpaired) electrons. The quantitative estimate of drug-likeness (QED) is 0.923. The summed E-state index contributed by atoms with van der Waals surface area (Å²) in [5.41, 5.74) is 3.90. The van der Waals surface area contributed by atoms with Crippen molar-refractivity contribution in [3.05, 3.63) is 34.9 Å². The lowest BCUT2D eigenvalue weighted by atomic mass is 9.97. The van der Waals surface area contributed by atoms with Gasteiger partial charge in [-0.3, -0.25) is 4.79 Å². The largest absolute Gasteiger partial charge is 0.335 e. The molecule has 1 amide bonds. The van der Waals surface area contributed by atoms with Crippen LogP contribution >= 0.6 is 0 Å². The maximum Gasteiger partial charge on any atom is 0.227 e. The van der Waals surface area contributed by atoms with Crippen LogP contribution in [0.3, 0.4) is 0 Å². The molecule has 2 aliphatic rings. The minimum Gasteiger partial charge on any atom is -0.335 e. The highest BCUT2D eigenvalue weighted by molar-refractivity contribution is 5.80. The molecule has 114 valence electrons. The molecule has 3 rings (SSSR count). The van der Waals surface area contributed by atoms with Crippen molar-refractivity contribution >= 4 is 5.91 Å². The van der Waals surface area contributed by atoms with E-state index in [0.717, 1.165) is 32.5 Å². The molecule has 0 spiro atoms. The van der Waals surface area contributed by atoms with E-state index >= 15 is 0 Å². The molecule has 2 fully saturated rings. The number of nitrogens with zero attached hydrogens (tertiary/aromatic N) is 1. The molecule has 1 aromatic rings. The first-order valence-electron chi connectivity index (χ1n) is 8.22. The van der Waals surface area contributed by atoms with E-state index in [9.17, 15) is 4.79 Å². The number of piperidine rings is 1. The minimum atomic E-state index is 0.186. The summed E-state index contributed by atoms with van der Waals surface area (Å²) in [6.45, 7) is 6.98. The second-order valence-electron chi connectivity index (χ2n) is 6.66. The number of aryl methyl sites for hydroxylation is 2. The minimum absolute atomic E-state index is 0.186. The van der Waals surface area contributed by atoms with Gasteiger partial charge in [0.1, 0.15) is 0 Å². The van der Waals surface area contributed by atoms with Gasteiger partial charge in [0.25, 0.3) is 0 Å². The monoisotopic (exact) mass is 286 g/mol. The number of rotatable bonds is 4. The number of hydrogen-bond donors (Lipinski definition) is 1. The summed E-state index contributed by atoms with van der Waals surface area (Å²) in [6.07, 6.45) is 4.52. The molecule has 21 heavy (non-hydrogen) atoms. The normalized spacial score (nSPS) is 22.1. The van der Waals surface area contributed by atoms with Crippen molar-refractivity contribution in [1.29, 1.82) is 0 Å². The summed E-state index contributed by atoms with van der Waals surface area (Å²) in [7, 11) is 0. The zero-order valence-corrected chi connectivity index (χ0v) is 13.2. The van der Waals surface area contributed by atoms with Gasteiger partial charge >= 0.3 is 0 Å². The van der Waals surface area contributed by atoms with Gasteiger partial charge in [-0.15, -0.1) is 0 Å². The molecule has 1 heterocycles. The first-order valence-corrected chi connectivity index (χ1v) is 8.22. The Kier molecular flexibility index (Phi) is 4.29. The van der Waals surface area contributed by atoms with Gasteiger partial charge in [0.2, 0.25) is 5.91 Å². The lowest BCUT2D eigenvalue weighted by Gasteiger charge is -2.30. The maximum atomic E-state index is 12.8. The van der Waals surface area contributed by atoms with Gasteiger partial charge in [-0.1, -0.05) is 18.2 Å². The van der Waals surface area contributed by atoms with Crippen LogP contribution in [0.5, 0.6) is 0 Å². The number of carbonyl (C=O) groups is 1. The SMILES string of the molecule is Cc1ccc(CN(C(=O)C2CCCNC2)C2CC2)cc1C. The lowest BCUT2D eigenvalue weighted by Crippen LogP contribution is -2.43. The molecule has 3 heteroatoms. The van der Waals surface area contributed by atoms with Crippen molar-refractivity contribution in [3.8, 4) is 0 Å². The highest BCUT2D eigenvalue weighted by Crippen LogP contribution is 2.31. The second-order valence-corrected chi connectivity index (χ2v) is 6.66. The van der Waals surface area contributed by atoms with Gasteiger partial charge in [-0.05, 0) is 62.8 Å². The van der Waals surface area contributed by atoms with Crippen LogP contribution in [0.2, 0.25) is 0 Å². The smallest absolute Gasteiger partial charge is 0.227 e. The molecule has 3 nitrogen and oxygen atoms in total. The Bertz CT molecular complexity index is 516. The molecule has 1 aromatic carbocycles. The van der Waals surface area contributed by atoms with Crippen LogP contribution in [0.4, 0.5) is 0 Å². The molecule has 1 atom stereocenters. The summed E-state index contributed by atoms with van der Waals surface area (Å²) in [6, 6.07) is 7.06. The van der Waals surface area contributed by atoms with Gasteiger partial charge in [-0.25, -0.2) is 0 Å². The standard InChI is InChI=1S/C18H26N2O/c1-13-5-6-15(10-14(13)2)12-20(17-7-8-17)18(21)16-4-3-9-19-11-16/h5-6,10,16-17,19H,3-4,7-9,11-12H2,1-2H3. The topological polar surface area (TPSA) is 32.3 Å². The van der Waals surface area contributed by atoms with Crippen molar-refractivity contribution < 1.29 is 4.79 Å². The zero-order valence-electron chi connectivity index (χ0n) is 13.2. The third kappa shape index (κ3) is 3.46. The molecule has 1 aliphatic carbocycles. The Labute approximate surface area is 127 Å². The fourth-order valence-corrected chi connectivity index (χ4v) is 3.17. The van der Waals surface area contributed by atoms with E-state index < -0.39 is 0 Å². The Hall–Kier alpha value is -1.35. The molecule has 1 unspecified atom stereocenters. The molecular weight excluding hydrogens is 260 g/mol. The van der Waals surface area contributed by atoms with E-state index in [1.54, 1.807) is 0 Å². The molecule has 0 aromatic heterocycles. The summed E-state index contributed by atoms with van der Waals surface area (Å²) in [5.74, 6) is 0.550. The molecule has 1 N–H and O–H groups in total. The van der Waals surface area contributed by atoms with Crippen LogP contribution in [0.1, 0.15) is 42.4 Å². The van der Waals surface area contributed by atoms with Crippen LogP contribution in [0.15, 0.2) is 18.2 Å². The first-order chi connectivity index (χ1) is 10.1. The maximum absolute atomic E-state index is 12.8. The van der Waals surface area contributed by atoms with E-state index in [2.05, 4.69) is 42.3 Å². The van der Waals surface area contributed by atoms with Crippen LogP contribution in [-0.2, 0) is 11.3 Å². The summed E-state index contributed by atoms with van der Waals surface area (Å²) < 4.78 is 0. The number of nitrogens with one attached hydrogen (secondary N) is 1. The third-order valence-corrected chi connectivity index (χ3v) is 4.84. The van der Waals surface area contributed by atoms with Crippen molar-refractivity contribution in [1.82, 2.24) is 10.2 Å². The Morgan fingerprint density at radius 3 is 2.67 bits per heavy atom. The van der Waals surface area contributed by atoms with E-state index in [1.165, 1.54) is 29.5 Å². The molecule has 1 saturated carbocycles. The van der Waals surface area contributed by atoms with E-state index in [-0.39, 0.29) is 5.92 Å². The van der Waals surface area contributed by atoms with Gasteiger partial charge in [0, 0.05) is 19.1 Å². The summed E-state index contributed by atoms with van der Waals surface area (Å²) in [5, 5.41) is 3.36. The average Bonchev–Trinajstić information content (AvgIpc) is 3.33. The number of hydrogen-bond acceptors (Lipinski definition) is 2. The lowest BCUT2D eigenvalue weighted by molar-refractivity contribution is -0.137. The predicted octanol–water partition coefficient (Wildman–Crippen LogP) is 2.79. The van der Waals surface area contributed by atoms with Crippen LogP contribution in [0.25, 0.3) is 0 Å². The molecular formula is C18H26N2O. The Morgan fingerprint density at radius 2 is 2.05 bits per heavy atom. The molecule has 0 bridgehead atoms. The zero-order chi connectivity index (χ0) is 14.8. The fourth-order valence-electron chi connectivity index (χ4n) is 3.17. The number of amides is 1. The van der Waals surface area contributed by atoms with Crippen molar-refractivity contribution in [2.75, 3.05) is 13.1 Å². The Morgan fingerprint density at radius 1 is 1.24 bits per heavy atom. The van der Waals surface area contributed by atoms with Crippen molar-refractivity contribution in [2.45, 2.75) is 52.1 Å². The highest BCUT2D eigenvalue weighted by Gasteiger charge is 2.36. The van der Waals surface area contributed by atoms with Crippen molar-refractivity contribution in [2.24, 2.45) is 5.92 Å². The van der Waals surface area contributed by atoms with Crippen LogP contribution < -0.4 is 5.32 Å². The highest BCUT2D eigenvalue weighted by atomic mass is 16.2. The summed E-state index contributed by atoms with van der Waals surface area (Å²) in [4.78, 5) is 15.0. The van der Waals surface area contributed by atoms with Gasteiger partial charge in [-0.2, -0.15) is 0 Å². The van der Waals surface area contributed by atoms with Crippen LogP contribution in [-0.4, -0.2) is 29.9 Å². The number of carbonyl (C=O) groups excluding carboxylic acids is 1. The molecule has 1 aliphatic heterocycles. The number of benzene rings is 1. The molecule has 1 saturated heterocycles. The summed E-state index contributed by atoms with van der Waals surface area (Å²) >= 11 is 0. The second kappa shape index (κ2) is 6.18. The fraction of sp³-hybridized carbons (Fsp3) is 0.611. The van der Waals surface area contributed by atoms with E-state index in [4.69, 9.17) is 0 Å². The average molecular weight is 286 g/mol. The van der Waals surface area contributed by atoms with Gasteiger partial charge in [0.05, 0.1) is 5.92 Å². The predicted molar refractivity (Wildman–Crippen MR) is 85.1 cm³/mol. The van der Waals surface area contributed by atoms with Gasteiger partial charge < -0.3 is 10.2 Å². The Balaban J connectivity index is 1.71. The van der Waals surface area contributed by atoms with E-state index in [1.807, 2.05) is 0 Å². The third-order valence-electron chi connectivity index (χ3n) is 4.84.